The van der Waals surface area contributed by atoms with Crippen LogP contribution in [0.5, 0.6) is 0 Å². The van der Waals surface area contributed by atoms with Gasteiger partial charge in [-0.3, -0.25) is 9.20 Å². The molecule has 0 aliphatic carbocycles. The first kappa shape index (κ1) is 19.3. The molecule has 5 aromatic rings. The summed E-state index contributed by atoms with van der Waals surface area (Å²) in [4.78, 5) is 25.9. The Morgan fingerprint density at radius 1 is 0.903 bits per heavy atom. The first-order valence-electron chi connectivity index (χ1n) is 10.1. The van der Waals surface area contributed by atoms with Gasteiger partial charge < -0.3 is 4.74 Å². The van der Waals surface area contributed by atoms with Crippen LogP contribution in [0.25, 0.3) is 37.9 Å². The molecule has 152 valence electrons. The van der Waals surface area contributed by atoms with Gasteiger partial charge in [0.15, 0.2) is 0 Å². The summed E-state index contributed by atoms with van der Waals surface area (Å²) in [6.07, 6.45) is 1.60. The summed E-state index contributed by atoms with van der Waals surface area (Å²) in [5.41, 5.74) is 4.67. The van der Waals surface area contributed by atoms with Gasteiger partial charge in [0.25, 0.3) is 5.56 Å². The molecule has 31 heavy (non-hydrogen) atoms. The number of carbonyl (C=O) groups excluding carboxylic acids is 1. The molecule has 3 aromatic heterocycles. The number of rotatable bonds is 4. The zero-order valence-corrected chi connectivity index (χ0v) is 17.7. The van der Waals surface area contributed by atoms with Crippen molar-refractivity contribution in [1.82, 2.24) is 4.40 Å². The Bertz CT molecular complexity index is 1460. The number of esters is 1. The van der Waals surface area contributed by atoms with Crippen molar-refractivity contribution in [1.29, 1.82) is 0 Å². The molecule has 0 N–H and O–H groups in total. The van der Waals surface area contributed by atoms with Crippen LogP contribution >= 0.6 is 11.3 Å². The van der Waals surface area contributed by atoms with Gasteiger partial charge in [0.05, 0.1) is 22.4 Å². The van der Waals surface area contributed by atoms with Crippen LogP contribution in [-0.4, -0.2) is 17.0 Å². The van der Waals surface area contributed by atoms with Crippen LogP contribution in [0.2, 0.25) is 0 Å². The van der Waals surface area contributed by atoms with Gasteiger partial charge in [-0.05, 0) is 47.2 Å². The summed E-state index contributed by atoms with van der Waals surface area (Å²) in [7, 11) is 0. The van der Waals surface area contributed by atoms with Gasteiger partial charge >= 0.3 is 5.97 Å². The minimum absolute atomic E-state index is 0.161. The van der Waals surface area contributed by atoms with Crippen LogP contribution in [0, 0.1) is 0 Å². The molecular formula is C26H19NO3S. The van der Waals surface area contributed by atoms with Crippen molar-refractivity contribution < 1.29 is 9.53 Å². The summed E-state index contributed by atoms with van der Waals surface area (Å²) < 4.78 is 7.67. The SMILES string of the molecule is CCOC(=O)c1cn2c(=O)c(-c3ccc(-c4ccccc4)cc3)ccc2c2sccc12. The number of hydrogen-bond donors (Lipinski definition) is 0. The first-order chi connectivity index (χ1) is 15.2. The van der Waals surface area contributed by atoms with Gasteiger partial charge in [-0.1, -0.05) is 54.6 Å². The molecule has 0 bridgehead atoms. The molecule has 0 radical (unpaired) electrons. The highest BCUT2D eigenvalue weighted by Crippen LogP contribution is 2.30. The van der Waals surface area contributed by atoms with E-state index in [0.29, 0.717) is 11.1 Å². The van der Waals surface area contributed by atoms with Gasteiger partial charge in [-0.15, -0.1) is 11.3 Å². The first-order valence-corrected chi connectivity index (χ1v) is 10.9. The van der Waals surface area contributed by atoms with E-state index in [4.69, 9.17) is 4.74 Å². The maximum atomic E-state index is 13.4. The summed E-state index contributed by atoms with van der Waals surface area (Å²) in [6.45, 7) is 2.05. The van der Waals surface area contributed by atoms with Crippen LogP contribution < -0.4 is 5.56 Å². The van der Waals surface area contributed by atoms with Gasteiger partial charge in [0.1, 0.15) is 0 Å². The molecule has 5 rings (SSSR count). The Hall–Kier alpha value is -3.70. The van der Waals surface area contributed by atoms with Gasteiger partial charge in [0.2, 0.25) is 0 Å². The third-order valence-corrected chi connectivity index (χ3v) is 6.30. The van der Waals surface area contributed by atoms with Crippen LogP contribution in [-0.2, 0) is 4.74 Å². The Kier molecular flexibility index (Phi) is 4.88. The summed E-state index contributed by atoms with van der Waals surface area (Å²) in [5, 5.41) is 2.73. The number of carbonyl (C=O) groups is 1. The highest BCUT2D eigenvalue weighted by molar-refractivity contribution is 7.18. The number of hydrogen-bond acceptors (Lipinski definition) is 4. The lowest BCUT2D eigenvalue weighted by Crippen LogP contribution is -2.17. The molecule has 2 aromatic carbocycles. The van der Waals surface area contributed by atoms with E-state index >= 15 is 0 Å². The maximum Gasteiger partial charge on any atom is 0.340 e. The largest absolute Gasteiger partial charge is 0.462 e. The van der Waals surface area contributed by atoms with Crippen molar-refractivity contribution in [2.45, 2.75) is 6.92 Å². The molecule has 4 nitrogen and oxygen atoms in total. The maximum absolute atomic E-state index is 13.4. The molecule has 0 saturated heterocycles. The highest BCUT2D eigenvalue weighted by Gasteiger charge is 2.17. The lowest BCUT2D eigenvalue weighted by atomic mass is 10.0. The monoisotopic (exact) mass is 425 g/mol. The van der Waals surface area contributed by atoms with Crippen molar-refractivity contribution >= 4 is 32.9 Å². The zero-order chi connectivity index (χ0) is 21.4. The van der Waals surface area contributed by atoms with E-state index in [0.717, 1.165) is 32.3 Å². The molecule has 0 amide bonds. The summed E-state index contributed by atoms with van der Waals surface area (Å²) in [5.74, 6) is -0.419. The Balaban J connectivity index is 1.65. The van der Waals surface area contributed by atoms with Crippen LogP contribution in [0.4, 0.5) is 0 Å². The molecular weight excluding hydrogens is 406 g/mol. The summed E-state index contributed by atoms with van der Waals surface area (Å²) >= 11 is 1.51. The van der Waals surface area contributed by atoms with Crippen LogP contribution in [0.3, 0.4) is 0 Å². The topological polar surface area (TPSA) is 47.8 Å². The fraction of sp³-hybridized carbons (Fsp3) is 0.0769. The fourth-order valence-corrected chi connectivity index (χ4v) is 4.78. The third-order valence-electron chi connectivity index (χ3n) is 5.36. The Labute approximate surface area is 183 Å². The fourth-order valence-electron chi connectivity index (χ4n) is 3.85. The highest BCUT2D eigenvalue weighted by atomic mass is 32.1. The molecule has 0 fully saturated rings. The quantitative estimate of drug-likeness (QED) is 0.331. The molecule has 3 heterocycles. The number of benzene rings is 2. The zero-order valence-electron chi connectivity index (χ0n) is 16.9. The molecule has 0 atom stereocenters. The number of fused-ring (bicyclic) bond motifs is 3. The lowest BCUT2D eigenvalue weighted by molar-refractivity contribution is 0.0528. The minimum Gasteiger partial charge on any atom is -0.462 e. The van der Waals surface area contributed by atoms with Crippen LogP contribution in [0.1, 0.15) is 17.3 Å². The van der Waals surface area contributed by atoms with E-state index in [1.807, 2.05) is 66.0 Å². The second-order valence-electron chi connectivity index (χ2n) is 7.18. The molecule has 5 heteroatoms. The van der Waals surface area contributed by atoms with E-state index < -0.39 is 5.97 Å². The van der Waals surface area contributed by atoms with E-state index in [9.17, 15) is 9.59 Å². The molecule has 0 saturated carbocycles. The lowest BCUT2D eigenvalue weighted by Gasteiger charge is -2.10. The number of aromatic nitrogens is 1. The van der Waals surface area contributed by atoms with Gasteiger partial charge in [0, 0.05) is 17.1 Å². The molecule has 0 aliphatic rings. The smallest absolute Gasteiger partial charge is 0.340 e. The normalized spacial score (nSPS) is 11.1. The average molecular weight is 426 g/mol. The average Bonchev–Trinajstić information content (AvgIpc) is 3.30. The number of nitrogens with zero attached hydrogens (tertiary/aromatic N) is 1. The number of pyridine rings is 2. The second kappa shape index (κ2) is 7.85. The molecule has 0 spiro atoms. The van der Waals surface area contributed by atoms with Crippen molar-refractivity contribution in [2.24, 2.45) is 0 Å². The molecule has 0 aliphatic heterocycles. The Morgan fingerprint density at radius 3 is 2.35 bits per heavy atom. The Morgan fingerprint density at radius 2 is 1.61 bits per heavy atom. The van der Waals surface area contributed by atoms with E-state index in [2.05, 4.69) is 12.1 Å². The van der Waals surface area contributed by atoms with E-state index in [1.165, 1.54) is 11.3 Å². The number of thiophene rings is 1. The second-order valence-corrected chi connectivity index (χ2v) is 8.09. The minimum atomic E-state index is -0.419. The van der Waals surface area contributed by atoms with E-state index in [1.54, 1.807) is 17.5 Å². The van der Waals surface area contributed by atoms with Crippen molar-refractivity contribution in [3.63, 3.8) is 0 Å². The summed E-state index contributed by atoms with van der Waals surface area (Å²) in [6, 6.07) is 23.8. The van der Waals surface area contributed by atoms with Gasteiger partial charge in [-0.2, -0.15) is 0 Å². The van der Waals surface area contributed by atoms with Crippen molar-refractivity contribution in [3.8, 4) is 22.3 Å². The third kappa shape index (κ3) is 3.33. The number of ether oxygens (including phenoxy) is 1. The predicted octanol–water partition coefficient (Wildman–Crippen LogP) is 6.02. The van der Waals surface area contributed by atoms with Crippen molar-refractivity contribution in [2.75, 3.05) is 6.61 Å². The standard InChI is InChI=1S/C26H19NO3S/c1-2-30-26(29)22-16-27-23(24-21(22)14-15-31-24)13-12-20(25(27)28)19-10-8-18(9-11-19)17-6-4-3-5-7-17/h3-16H,2H2,1H3. The van der Waals surface area contributed by atoms with Crippen LogP contribution in [0.15, 0.2) is 89.2 Å². The van der Waals surface area contributed by atoms with E-state index in [-0.39, 0.29) is 12.2 Å². The molecule has 0 unspecified atom stereocenters. The predicted molar refractivity (Wildman–Crippen MR) is 126 cm³/mol. The van der Waals surface area contributed by atoms with Gasteiger partial charge in [-0.25, -0.2) is 4.79 Å². The van der Waals surface area contributed by atoms with Crippen molar-refractivity contribution in [3.05, 3.63) is 100 Å².